The van der Waals surface area contributed by atoms with Crippen LogP contribution in [0.2, 0.25) is 5.02 Å². The number of hydrogen-bond acceptors (Lipinski definition) is 4. The molecule has 0 atom stereocenters. The number of halogens is 2. The quantitative estimate of drug-likeness (QED) is 0.865. The van der Waals surface area contributed by atoms with Crippen molar-refractivity contribution in [2.45, 2.75) is 0 Å². The van der Waals surface area contributed by atoms with Crippen LogP contribution in [0.1, 0.15) is 0 Å². The summed E-state index contributed by atoms with van der Waals surface area (Å²) in [6, 6.07) is 5.00. The molecule has 6 heteroatoms. The van der Waals surface area contributed by atoms with Crippen molar-refractivity contribution < 1.29 is 4.74 Å². The largest absolute Gasteiger partial charge is 0.436 e. The fraction of sp³-hybridized carbons (Fsp3) is 0. The molecule has 4 nitrogen and oxygen atoms in total. The van der Waals surface area contributed by atoms with Gasteiger partial charge in [0.25, 0.3) is 0 Å². The normalized spacial score (nSPS) is 10.1. The van der Waals surface area contributed by atoms with E-state index in [9.17, 15) is 0 Å². The molecule has 1 aromatic heterocycles. The van der Waals surface area contributed by atoms with Gasteiger partial charge >= 0.3 is 0 Å². The van der Waals surface area contributed by atoms with Crippen LogP contribution in [0.3, 0.4) is 0 Å². The monoisotopic (exact) mass is 299 g/mol. The lowest BCUT2D eigenvalue weighted by Crippen LogP contribution is -1.94. The van der Waals surface area contributed by atoms with Gasteiger partial charge in [0.15, 0.2) is 5.75 Å². The van der Waals surface area contributed by atoms with Gasteiger partial charge in [-0.05, 0) is 28.1 Å². The van der Waals surface area contributed by atoms with Crippen LogP contribution in [0.4, 0.5) is 5.69 Å². The van der Waals surface area contributed by atoms with E-state index in [0.717, 1.165) is 0 Å². The summed E-state index contributed by atoms with van der Waals surface area (Å²) in [5, 5.41) is 0.550. The van der Waals surface area contributed by atoms with E-state index < -0.39 is 0 Å². The van der Waals surface area contributed by atoms with Gasteiger partial charge in [0.1, 0.15) is 6.33 Å². The highest BCUT2D eigenvalue weighted by atomic mass is 79.9. The minimum atomic E-state index is 0.393. The first kappa shape index (κ1) is 11.2. The summed E-state index contributed by atoms with van der Waals surface area (Å²) in [6.45, 7) is 0. The highest BCUT2D eigenvalue weighted by Gasteiger charge is 2.07. The molecule has 0 radical (unpaired) electrons. The second kappa shape index (κ2) is 4.67. The van der Waals surface area contributed by atoms with Gasteiger partial charge in [-0.3, -0.25) is 0 Å². The Morgan fingerprint density at radius 1 is 1.38 bits per heavy atom. The molecular formula is C10H7BrClN3O. The average molecular weight is 301 g/mol. The van der Waals surface area contributed by atoms with Crippen molar-refractivity contribution in [1.82, 2.24) is 9.97 Å². The van der Waals surface area contributed by atoms with Crippen LogP contribution in [-0.2, 0) is 0 Å². The van der Waals surface area contributed by atoms with E-state index in [0.29, 0.717) is 26.8 Å². The maximum atomic E-state index is 5.84. The summed E-state index contributed by atoms with van der Waals surface area (Å²) >= 11 is 9.12. The van der Waals surface area contributed by atoms with Gasteiger partial charge < -0.3 is 10.5 Å². The van der Waals surface area contributed by atoms with Crippen LogP contribution in [0.25, 0.3) is 0 Å². The molecule has 0 unspecified atom stereocenters. The molecule has 0 bridgehead atoms. The van der Waals surface area contributed by atoms with Crippen LogP contribution in [0, 0.1) is 0 Å². The molecule has 0 saturated heterocycles. The molecule has 1 heterocycles. The minimum absolute atomic E-state index is 0.393. The van der Waals surface area contributed by atoms with Gasteiger partial charge in [-0.15, -0.1) is 0 Å². The number of aromatic nitrogens is 2. The van der Waals surface area contributed by atoms with Gasteiger partial charge in [0.05, 0.1) is 10.2 Å². The Hall–Kier alpha value is -1.33. The molecule has 0 aliphatic rings. The number of rotatable bonds is 2. The zero-order valence-electron chi connectivity index (χ0n) is 8.02. The van der Waals surface area contributed by atoms with Gasteiger partial charge in [-0.2, -0.15) is 0 Å². The number of nitrogens with zero attached hydrogens (tertiary/aromatic N) is 2. The number of hydrogen-bond donors (Lipinski definition) is 1. The predicted molar refractivity (Wildman–Crippen MR) is 65.7 cm³/mol. The summed E-state index contributed by atoms with van der Waals surface area (Å²) in [5.74, 6) is 0.857. The molecule has 2 N–H and O–H groups in total. The van der Waals surface area contributed by atoms with Gasteiger partial charge in [-0.25, -0.2) is 9.97 Å². The van der Waals surface area contributed by atoms with Crippen molar-refractivity contribution in [3.63, 3.8) is 0 Å². The first-order valence-corrected chi connectivity index (χ1v) is 5.52. The van der Waals surface area contributed by atoms with E-state index in [-0.39, 0.29) is 0 Å². The Morgan fingerprint density at radius 2 is 2.19 bits per heavy atom. The molecule has 1 aromatic carbocycles. The highest BCUT2D eigenvalue weighted by Crippen LogP contribution is 2.32. The Bertz CT molecular complexity index is 521. The van der Waals surface area contributed by atoms with E-state index >= 15 is 0 Å². The van der Waals surface area contributed by atoms with E-state index in [1.807, 2.05) is 0 Å². The van der Waals surface area contributed by atoms with E-state index in [1.165, 1.54) is 6.33 Å². The smallest absolute Gasteiger partial charge is 0.236 e. The summed E-state index contributed by atoms with van der Waals surface area (Å²) in [4.78, 5) is 7.80. The van der Waals surface area contributed by atoms with Gasteiger partial charge in [0, 0.05) is 17.3 Å². The lowest BCUT2D eigenvalue weighted by Gasteiger charge is -2.08. The lowest BCUT2D eigenvalue weighted by molar-refractivity contribution is 0.460. The maximum absolute atomic E-state index is 5.84. The SMILES string of the molecule is Nc1ccc(Cl)cc1Oc1ncncc1Br. The van der Waals surface area contributed by atoms with Gasteiger partial charge in [-0.1, -0.05) is 11.6 Å². The number of ether oxygens (including phenoxy) is 1. The van der Waals surface area contributed by atoms with Crippen LogP contribution >= 0.6 is 27.5 Å². The van der Waals surface area contributed by atoms with Crippen molar-refractivity contribution in [3.05, 3.63) is 40.2 Å². The van der Waals surface area contributed by atoms with Crippen molar-refractivity contribution in [3.8, 4) is 11.6 Å². The highest BCUT2D eigenvalue weighted by molar-refractivity contribution is 9.10. The average Bonchev–Trinajstić information content (AvgIpc) is 2.27. The molecule has 2 rings (SSSR count). The van der Waals surface area contributed by atoms with Crippen LogP contribution in [0.5, 0.6) is 11.6 Å². The van der Waals surface area contributed by atoms with Gasteiger partial charge in [0.2, 0.25) is 5.88 Å². The molecular weight excluding hydrogens is 293 g/mol. The summed E-state index contributed by atoms with van der Waals surface area (Å²) in [5.41, 5.74) is 6.24. The van der Waals surface area contributed by atoms with Crippen molar-refractivity contribution in [2.75, 3.05) is 5.73 Å². The first-order chi connectivity index (χ1) is 7.66. The molecule has 16 heavy (non-hydrogen) atoms. The summed E-state index contributed by atoms with van der Waals surface area (Å²) < 4.78 is 6.16. The summed E-state index contributed by atoms with van der Waals surface area (Å²) in [7, 11) is 0. The van der Waals surface area contributed by atoms with Crippen LogP contribution < -0.4 is 10.5 Å². The molecule has 0 aliphatic carbocycles. The van der Waals surface area contributed by atoms with Crippen LogP contribution in [0.15, 0.2) is 35.2 Å². The molecule has 0 spiro atoms. The number of benzene rings is 1. The fourth-order valence-corrected chi connectivity index (χ4v) is 1.54. The number of nitrogen functional groups attached to an aromatic ring is 1. The van der Waals surface area contributed by atoms with Crippen molar-refractivity contribution in [1.29, 1.82) is 0 Å². The second-order valence-corrected chi connectivity index (χ2v) is 4.25. The molecule has 2 aromatic rings. The van der Waals surface area contributed by atoms with Crippen LogP contribution in [-0.4, -0.2) is 9.97 Å². The molecule has 0 saturated carbocycles. The third kappa shape index (κ3) is 2.43. The Labute approximate surface area is 106 Å². The Morgan fingerprint density at radius 3 is 2.94 bits per heavy atom. The molecule has 0 fully saturated rings. The standard InChI is InChI=1S/C10H7BrClN3O/c11-7-4-14-5-15-10(7)16-9-3-6(12)1-2-8(9)13/h1-5H,13H2. The van der Waals surface area contributed by atoms with E-state index in [2.05, 4.69) is 25.9 Å². The first-order valence-electron chi connectivity index (χ1n) is 4.35. The zero-order chi connectivity index (χ0) is 11.5. The van der Waals surface area contributed by atoms with Crippen molar-refractivity contribution >= 4 is 33.2 Å². The Balaban J connectivity index is 2.34. The summed E-state index contributed by atoms with van der Waals surface area (Å²) in [6.07, 6.45) is 2.98. The zero-order valence-corrected chi connectivity index (χ0v) is 10.4. The van der Waals surface area contributed by atoms with E-state index in [4.69, 9.17) is 22.1 Å². The third-order valence-electron chi connectivity index (χ3n) is 1.82. The van der Waals surface area contributed by atoms with Crippen molar-refractivity contribution in [2.24, 2.45) is 0 Å². The predicted octanol–water partition coefficient (Wildman–Crippen LogP) is 3.27. The molecule has 0 amide bonds. The lowest BCUT2D eigenvalue weighted by atomic mass is 10.3. The minimum Gasteiger partial charge on any atom is -0.436 e. The second-order valence-electron chi connectivity index (χ2n) is 2.96. The fourth-order valence-electron chi connectivity index (χ4n) is 1.08. The molecule has 0 aliphatic heterocycles. The number of nitrogens with two attached hydrogens (primary N) is 1. The van der Waals surface area contributed by atoms with E-state index in [1.54, 1.807) is 24.4 Å². The maximum Gasteiger partial charge on any atom is 0.236 e. The number of anilines is 1. The Kier molecular flexibility index (Phi) is 3.26. The topological polar surface area (TPSA) is 61.0 Å². The molecule has 82 valence electrons. The third-order valence-corrected chi connectivity index (χ3v) is 2.60.